The second-order valence-corrected chi connectivity index (χ2v) is 8.59. The molecule has 1 saturated heterocycles. The molecular weight excluding hydrogens is 570 g/mol. The summed E-state index contributed by atoms with van der Waals surface area (Å²) in [5.74, 6) is -0.753. The lowest BCUT2D eigenvalue weighted by molar-refractivity contribution is -0.130. The summed E-state index contributed by atoms with van der Waals surface area (Å²) in [4.78, 5) is 38.6. The number of carbonyl (C=O) groups excluding carboxylic acids is 3. The van der Waals surface area contributed by atoms with Crippen molar-refractivity contribution in [3.05, 3.63) is 86.6 Å². The maximum atomic E-state index is 14.0. The van der Waals surface area contributed by atoms with Crippen molar-refractivity contribution in [3.8, 4) is 11.5 Å². The molecule has 180 valence electrons. The summed E-state index contributed by atoms with van der Waals surface area (Å²) in [5.41, 5.74) is 0.666. The number of barbiturate groups is 1. The zero-order valence-electron chi connectivity index (χ0n) is 18.5. The molecule has 0 spiro atoms. The van der Waals surface area contributed by atoms with Crippen LogP contribution in [0.2, 0.25) is 0 Å². The maximum Gasteiger partial charge on any atom is 0.331 e. The Labute approximate surface area is 213 Å². The summed E-state index contributed by atoms with van der Waals surface area (Å²) in [6.07, 6.45) is 2.81. The molecule has 4 rings (SSSR count). The van der Waals surface area contributed by atoms with Crippen LogP contribution < -0.4 is 14.8 Å². The summed E-state index contributed by atoms with van der Waals surface area (Å²) in [6.45, 7) is 2.01. The number of imide groups is 2. The smallest absolute Gasteiger partial charge is 0.331 e. The highest BCUT2D eigenvalue weighted by atomic mass is 127. The highest BCUT2D eigenvalue weighted by molar-refractivity contribution is 14.1. The van der Waals surface area contributed by atoms with Gasteiger partial charge in [-0.2, -0.15) is 0 Å². The number of ether oxygens (including phenoxy) is 2. The molecular formula is C25H20FIN2O6. The molecule has 1 fully saturated rings. The molecule has 8 nitrogen and oxygen atoms in total. The van der Waals surface area contributed by atoms with Crippen molar-refractivity contribution in [1.29, 1.82) is 0 Å². The largest absolute Gasteiger partial charge is 0.490 e. The van der Waals surface area contributed by atoms with Crippen LogP contribution in [-0.4, -0.2) is 29.4 Å². The van der Waals surface area contributed by atoms with Crippen molar-refractivity contribution in [2.75, 3.05) is 6.61 Å². The molecule has 1 aromatic heterocycles. The van der Waals surface area contributed by atoms with E-state index in [-0.39, 0.29) is 24.5 Å². The summed E-state index contributed by atoms with van der Waals surface area (Å²) >= 11 is 2.04. The Morgan fingerprint density at radius 3 is 2.63 bits per heavy atom. The number of urea groups is 1. The molecule has 2 heterocycles. The zero-order valence-corrected chi connectivity index (χ0v) is 20.7. The monoisotopic (exact) mass is 590 g/mol. The average molecular weight is 590 g/mol. The van der Waals surface area contributed by atoms with Gasteiger partial charge >= 0.3 is 6.03 Å². The van der Waals surface area contributed by atoms with Crippen LogP contribution in [0.15, 0.2) is 64.8 Å². The number of hydrogen-bond donors (Lipinski definition) is 1. The maximum absolute atomic E-state index is 14.0. The van der Waals surface area contributed by atoms with E-state index < -0.39 is 17.8 Å². The van der Waals surface area contributed by atoms with Crippen LogP contribution in [0.5, 0.6) is 11.5 Å². The molecule has 10 heteroatoms. The lowest BCUT2D eigenvalue weighted by atomic mass is 10.1. The van der Waals surface area contributed by atoms with Crippen molar-refractivity contribution in [1.82, 2.24) is 10.2 Å². The second-order valence-electron chi connectivity index (χ2n) is 7.43. The highest BCUT2D eigenvalue weighted by Crippen LogP contribution is 2.36. The van der Waals surface area contributed by atoms with Gasteiger partial charge in [-0.3, -0.25) is 19.8 Å². The molecule has 1 N–H and O–H groups in total. The first-order valence-corrected chi connectivity index (χ1v) is 11.7. The fraction of sp³-hybridized carbons (Fsp3) is 0.160. The molecule has 0 atom stereocenters. The molecule has 0 saturated carbocycles. The van der Waals surface area contributed by atoms with E-state index in [1.54, 1.807) is 49.4 Å². The summed E-state index contributed by atoms with van der Waals surface area (Å²) in [6, 6.07) is 12.0. The third-order valence-corrected chi connectivity index (χ3v) is 5.85. The molecule has 0 bridgehead atoms. The van der Waals surface area contributed by atoms with Crippen LogP contribution in [0.25, 0.3) is 6.08 Å². The summed E-state index contributed by atoms with van der Waals surface area (Å²) in [5, 5.41) is 2.18. The Morgan fingerprint density at radius 1 is 1.11 bits per heavy atom. The first kappa shape index (κ1) is 24.5. The number of nitrogens with zero attached hydrogens (tertiary/aromatic N) is 1. The van der Waals surface area contributed by atoms with Gasteiger partial charge in [0.05, 0.1) is 23.0 Å². The van der Waals surface area contributed by atoms with Gasteiger partial charge in [0, 0.05) is 5.56 Å². The number of halogens is 2. The van der Waals surface area contributed by atoms with Crippen molar-refractivity contribution in [3.63, 3.8) is 0 Å². The zero-order chi connectivity index (χ0) is 24.9. The lowest BCUT2D eigenvalue weighted by Gasteiger charge is -2.25. The van der Waals surface area contributed by atoms with Crippen LogP contribution in [0.4, 0.5) is 9.18 Å². The number of furan rings is 1. The Bertz CT molecular complexity index is 1310. The van der Waals surface area contributed by atoms with Gasteiger partial charge in [0.25, 0.3) is 11.8 Å². The van der Waals surface area contributed by atoms with Gasteiger partial charge in [0.1, 0.15) is 23.8 Å². The lowest BCUT2D eigenvalue weighted by Crippen LogP contribution is -2.53. The van der Waals surface area contributed by atoms with Crippen LogP contribution in [0, 0.1) is 9.39 Å². The van der Waals surface area contributed by atoms with Crippen molar-refractivity contribution in [2.45, 2.75) is 20.1 Å². The fourth-order valence-corrected chi connectivity index (χ4v) is 4.18. The molecule has 3 aromatic rings. The molecule has 0 radical (unpaired) electrons. The number of hydrogen-bond acceptors (Lipinski definition) is 6. The minimum atomic E-state index is -0.824. The highest BCUT2D eigenvalue weighted by Gasteiger charge is 2.36. The Morgan fingerprint density at radius 2 is 1.91 bits per heavy atom. The molecule has 0 unspecified atom stereocenters. The summed E-state index contributed by atoms with van der Waals surface area (Å²) in [7, 11) is 0. The van der Waals surface area contributed by atoms with Crippen LogP contribution in [0.1, 0.15) is 23.8 Å². The number of nitrogens with one attached hydrogen (secondary N) is 1. The van der Waals surface area contributed by atoms with Crippen LogP contribution in [-0.2, 0) is 22.7 Å². The van der Waals surface area contributed by atoms with E-state index in [1.807, 2.05) is 22.6 Å². The van der Waals surface area contributed by atoms with Crippen LogP contribution in [0.3, 0.4) is 0 Å². The molecule has 1 aliphatic rings. The number of carbonyl (C=O) groups is 3. The first-order valence-electron chi connectivity index (χ1n) is 10.6. The Hall–Kier alpha value is -3.67. The molecule has 35 heavy (non-hydrogen) atoms. The van der Waals surface area contributed by atoms with Gasteiger partial charge in [0.2, 0.25) is 0 Å². The predicted molar refractivity (Wildman–Crippen MR) is 132 cm³/mol. The summed E-state index contributed by atoms with van der Waals surface area (Å²) < 4.78 is 31.4. The van der Waals surface area contributed by atoms with Gasteiger partial charge in [-0.25, -0.2) is 9.18 Å². The number of amides is 4. The van der Waals surface area contributed by atoms with Gasteiger partial charge in [-0.1, -0.05) is 18.2 Å². The van der Waals surface area contributed by atoms with Crippen molar-refractivity contribution < 1.29 is 32.7 Å². The van der Waals surface area contributed by atoms with E-state index in [4.69, 9.17) is 13.9 Å². The normalized spacial score (nSPS) is 14.9. The van der Waals surface area contributed by atoms with Gasteiger partial charge in [-0.15, -0.1) is 0 Å². The van der Waals surface area contributed by atoms with Gasteiger partial charge in [0.15, 0.2) is 11.5 Å². The Balaban J connectivity index is 1.62. The minimum absolute atomic E-state index is 0.00602. The molecule has 0 aliphatic carbocycles. The van der Waals surface area contributed by atoms with Crippen molar-refractivity contribution >= 4 is 46.5 Å². The molecule has 1 aliphatic heterocycles. The van der Waals surface area contributed by atoms with E-state index in [1.165, 1.54) is 18.4 Å². The van der Waals surface area contributed by atoms with E-state index in [0.29, 0.717) is 38.6 Å². The fourth-order valence-electron chi connectivity index (χ4n) is 3.40. The third-order valence-electron chi connectivity index (χ3n) is 5.05. The van der Waals surface area contributed by atoms with E-state index >= 15 is 0 Å². The third kappa shape index (κ3) is 5.53. The van der Waals surface area contributed by atoms with Gasteiger partial charge in [-0.05, 0) is 71.5 Å². The van der Waals surface area contributed by atoms with Crippen LogP contribution >= 0.6 is 22.6 Å². The average Bonchev–Trinajstić information content (AvgIpc) is 3.33. The standard InChI is InChI=1S/C25H20FIN2O6/c1-2-33-21-12-15(11-20(27)22(21)35-14-16-6-3-4-8-19(16)26)10-18-23(30)28-25(32)29(24(18)31)13-17-7-5-9-34-17/h3-12H,2,13-14H2,1H3,(H,28,30,32)/b18-10+. The minimum Gasteiger partial charge on any atom is -0.490 e. The molecule has 4 amide bonds. The number of rotatable bonds is 8. The van der Waals surface area contributed by atoms with E-state index in [9.17, 15) is 18.8 Å². The van der Waals surface area contributed by atoms with E-state index in [2.05, 4.69) is 5.32 Å². The quantitative estimate of drug-likeness (QED) is 0.233. The van der Waals surface area contributed by atoms with Gasteiger partial charge < -0.3 is 13.9 Å². The predicted octanol–water partition coefficient (Wildman–Crippen LogP) is 4.66. The second kappa shape index (κ2) is 10.7. The van der Waals surface area contributed by atoms with E-state index in [0.717, 1.165) is 4.90 Å². The molecule has 2 aromatic carbocycles. The topological polar surface area (TPSA) is 98.1 Å². The Kier molecular flexibility index (Phi) is 7.49. The number of benzene rings is 2. The SMILES string of the molecule is CCOc1cc(/C=C2\C(=O)NC(=O)N(Cc3ccco3)C2=O)cc(I)c1OCc1ccccc1F. The first-order chi connectivity index (χ1) is 16.9. The van der Waals surface area contributed by atoms with Crippen molar-refractivity contribution in [2.24, 2.45) is 0 Å².